The second-order valence-corrected chi connectivity index (χ2v) is 13.4. The summed E-state index contributed by atoms with van der Waals surface area (Å²) < 4.78 is 0. The monoisotopic (exact) mass is 576 g/mol. The van der Waals surface area contributed by atoms with Crippen molar-refractivity contribution in [3.63, 3.8) is 0 Å². The zero-order valence-electron chi connectivity index (χ0n) is 23.3. The first-order valence-corrected chi connectivity index (χ1v) is 16.4. The first-order valence-electron chi connectivity index (χ1n) is 14.5. The Morgan fingerprint density at radius 2 is 0.900 bits per heavy atom. The average Bonchev–Trinajstić information content (AvgIpc) is 3.65. The predicted molar refractivity (Wildman–Crippen MR) is 173 cm³/mol. The molecule has 4 atom stereocenters. The molecule has 0 spiro atoms. The van der Waals surface area contributed by atoms with E-state index in [1.807, 2.05) is 23.5 Å². The van der Waals surface area contributed by atoms with E-state index in [0.717, 1.165) is 38.8 Å². The van der Waals surface area contributed by atoms with Gasteiger partial charge in [0.1, 0.15) is 0 Å². The van der Waals surface area contributed by atoms with Gasteiger partial charge in [0.25, 0.3) is 0 Å². The van der Waals surface area contributed by atoms with Crippen molar-refractivity contribution in [3.8, 4) is 0 Å². The second-order valence-electron chi connectivity index (χ2n) is 10.8. The first-order chi connectivity index (χ1) is 19.6. The van der Waals surface area contributed by atoms with Crippen LogP contribution in [0.5, 0.6) is 0 Å². The van der Waals surface area contributed by atoms with Gasteiger partial charge >= 0.3 is 0 Å². The van der Waals surface area contributed by atoms with Crippen molar-refractivity contribution in [3.05, 3.63) is 105 Å². The molecule has 214 valence electrons. The lowest BCUT2D eigenvalue weighted by Gasteiger charge is -2.17. The van der Waals surface area contributed by atoms with Crippen LogP contribution in [0.4, 0.5) is 0 Å². The van der Waals surface area contributed by atoms with Crippen LogP contribution in [0.25, 0.3) is 0 Å². The van der Waals surface area contributed by atoms with E-state index in [2.05, 4.69) is 71.3 Å². The molecule has 0 aromatic heterocycles. The summed E-state index contributed by atoms with van der Waals surface area (Å²) in [6, 6.07) is 23.0. The Hall–Kier alpha value is -1.88. The van der Waals surface area contributed by atoms with Gasteiger partial charge in [-0.2, -0.15) is 0 Å². The molecule has 3 aromatic rings. The third-order valence-corrected chi connectivity index (χ3v) is 10.7. The van der Waals surface area contributed by atoms with Gasteiger partial charge in [0, 0.05) is 23.6 Å². The van der Waals surface area contributed by atoms with Crippen molar-refractivity contribution in [2.75, 3.05) is 39.3 Å². The molecule has 0 amide bonds. The number of benzene rings is 3. The quantitative estimate of drug-likeness (QED) is 0.192. The van der Waals surface area contributed by atoms with E-state index < -0.39 is 0 Å². The molecular weight excluding hydrogens is 533 g/mol. The van der Waals surface area contributed by atoms with Gasteiger partial charge in [-0.1, -0.05) is 60.7 Å². The largest absolute Gasteiger partial charge is 0.330 e. The van der Waals surface area contributed by atoms with E-state index in [-0.39, 0.29) is 10.7 Å². The molecule has 4 unspecified atom stereocenters. The molecule has 0 aliphatic carbocycles. The van der Waals surface area contributed by atoms with Gasteiger partial charge in [-0.25, -0.2) is 0 Å². The van der Waals surface area contributed by atoms with Crippen LogP contribution >= 0.6 is 23.5 Å². The molecule has 10 N–H and O–H groups in total. The number of nitrogens with one attached hydrogen (secondary N) is 2. The maximum atomic E-state index is 5.87. The average molecular weight is 577 g/mol. The fraction of sp³-hybridized carbons (Fsp3) is 0.438. The molecule has 0 bridgehead atoms. The smallest absolute Gasteiger partial charge is 0.0796 e. The fourth-order valence-electron chi connectivity index (χ4n) is 5.82. The van der Waals surface area contributed by atoms with Crippen LogP contribution in [0.2, 0.25) is 0 Å². The van der Waals surface area contributed by atoms with Crippen molar-refractivity contribution < 1.29 is 0 Å². The third-order valence-electron chi connectivity index (χ3n) is 7.72. The zero-order valence-corrected chi connectivity index (χ0v) is 24.9. The van der Waals surface area contributed by atoms with E-state index in [9.17, 15) is 0 Å². The fourth-order valence-corrected chi connectivity index (χ4v) is 8.44. The standard InChI is InChI=1S/C32H44N6S2/c33-8-4-21-12-22(5-9-34)15-27(14-21)29-19-37-31(39-29)25-2-1-3-26(18-25)32-38-20-30(40-32)28-16-23(6-10-35)13-24(17-28)7-11-36/h1-3,12-18,29-32,37-38H,4-11,19-20,33-36H2. The van der Waals surface area contributed by atoms with Gasteiger partial charge < -0.3 is 33.6 Å². The minimum absolute atomic E-state index is 0.273. The molecule has 2 aliphatic heterocycles. The molecule has 3 aromatic carbocycles. The minimum Gasteiger partial charge on any atom is -0.330 e. The molecule has 2 fully saturated rings. The Morgan fingerprint density at radius 1 is 0.525 bits per heavy atom. The van der Waals surface area contributed by atoms with Crippen LogP contribution in [0.1, 0.15) is 65.8 Å². The molecule has 0 saturated carbocycles. The van der Waals surface area contributed by atoms with Gasteiger partial charge in [-0.3, -0.25) is 0 Å². The molecule has 2 aliphatic rings. The summed E-state index contributed by atoms with van der Waals surface area (Å²) in [5.74, 6) is 0. The van der Waals surface area contributed by atoms with Crippen LogP contribution in [-0.2, 0) is 25.7 Å². The highest BCUT2D eigenvalue weighted by Crippen LogP contribution is 2.47. The highest BCUT2D eigenvalue weighted by Gasteiger charge is 2.30. The third kappa shape index (κ3) is 7.30. The predicted octanol–water partition coefficient (Wildman–Crippen LogP) is 3.84. The number of thioether (sulfide) groups is 2. The van der Waals surface area contributed by atoms with E-state index in [0.29, 0.717) is 36.7 Å². The van der Waals surface area contributed by atoms with Crippen molar-refractivity contribution >= 4 is 23.5 Å². The summed E-state index contributed by atoms with van der Waals surface area (Å²) >= 11 is 4.02. The van der Waals surface area contributed by atoms with Gasteiger partial charge in [-0.15, -0.1) is 23.5 Å². The van der Waals surface area contributed by atoms with Gasteiger partial charge in [0.15, 0.2) is 0 Å². The Balaban J connectivity index is 1.27. The van der Waals surface area contributed by atoms with E-state index in [1.165, 1.54) is 44.5 Å². The van der Waals surface area contributed by atoms with Gasteiger partial charge in [0.05, 0.1) is 10.7 Å². The summed E-state index contributed by atoms with van der Waals surface area (Å²) in [7, 11) is 0. The lowest BCUT2D eigenvalue weighted by Crippen LogP contribution is -2.15. The Labute approximate surface area is 247 Å². The van der Waals surface area contributed by atoms with Gasteiger partial charge in [-0.05, 0) is 96.4 Å². The van der Waals surface area contributed by atoms with E-state index in [1.54, 1.807) is 0 Å². The summed E-state index contributed by atoms with van der Waals surface area (Å²) in [5, 5.41) is 8.93. The molecule has 8 heteroatoms. The summed E-state index contributed by atoms with van der Waals surface area (Å²) in [5.41, 5.74) is 34.2. The number of hydrogen-bond acceptors (Lipinski definition) is 8. The summed E-state index contributed by atoms with van der Waals surface area (Å²) in [4.78, 5) is 0. The maximum absolute atomic E-state index is 5.87. The maximum Gasteiger partial charge on any atom is 0.0796 e. The van der Waals surface area contributed by atoms with Crippen LogP contribution in [-0.4, -0.2) is 39.3 Å². The highest BCUT2D eigenvalue weighted by atomic mass is 32.2. The number of nitrogens with two attached hydrogens (primary N) is 4. The van der Waals surface area contributed by atoms with Crippen LogP contribution in [0.3, 0.4) is 0 Å². The molecule has 0 radical (unpaired) electrons. The van der Waals surface area contributed by atoms with E-state index in [4.69, 9.17) is 22.9 Å². The van der Waals surface area contributed by atoms with E-state index >= 15 is 0 Å². The Kier molecular flexibility index (Phi) is 10.6. The van der Waals surface area contributed by atoms with Crippen molar-refractivity contribution in [1.29, 1.82) is 0 Å². The summed E-state index contributed by atoms with van der Waals surface area (Å²) in [6.45, 7) is 4.57. The lowest BCUT2D eigenvalue weighted by atomic mass is 9.99. The zero-order chi connectivity index (χ0) is 27.9. The lowest BCUT2D eigenvalue weighted by molar-refractivity contribution is 0.701. The number of rotatable bonds is 12. The number of hydrogen-bond donors (Lipinski definition) is 6. The van der Waals surface area contributed by atoms with Crippen molar-refractivity contribution in [1.82, 2.24) is 10.6 Å². The van der Waals surface area contributed by atoms with Crippen LogP contribution < -0.4 is 33.6 Å². The SMILES string of the molecule is NCCc1cc(CCN)cc(C2CNC(c3cccc(C4NCC(c5cc(CCN)cc(CCN)c5)S4)c3)S2)c1. The van der Waals surface area contributed by atoms with Crippen LogP contribution in [0.15, 0.2) is 60.7 Å². The van der Waals surface area contributed by atoms with Crippen molar-refractivity contribution in [2.45, 2.75) is 46.9 Å². The Bertz CT molecular complexity index is 1130. The molecule has 2 heterocycles. The van der Waals surface area contributed by atoms with Crippen LogP contribution in [0, 0.1) is 0 Å². The molecule has 40 heavy (non-hydrogen) atoms. The summed E-state index contributed by atoms with van der Waals surface area (Å²) in [6.07, 6.45) is 3.61. The first kappa shape index (κ1) is 29.6. The van der Waals surface area contributed by atoms with Gasteiger partial charge in [0.2, 0.25) is 0 Å². The minimum atomic E-state index is 0.273. The molecule has 2 saturated heterocycles. The molecular formula is C32H44N6S2. The van der Waals surface area contributed by atoms with Crippen molar-refractivity contribution in [2.24, 2.45) is 22.9 Å². The topological polar surface area (TPSA) is 128 Å². The second kappa shape index (κ2) is 14.3. The molecule has 5 rings (SSSR count). The highest BCUT2D eigenvalue weighted by molar-refractivity contribution is 8.00. The normalized spacial score (nSPS) is 22.7. The Morgan fingerprint density at radius 3 is 1.25 bits per heavy atom. The molecule has 6 nitrogen and oxygen atoms in total.